The molecule has 2 aromatic heterocycles. The van der Waals surface area contributed by atoms with Gasteiger partial charge in [0.05, 0.1) is 0 Å². The zero-order valence-corrected chi connectivity index (χ0v) is 18.3. The molecule has 2 aliphatic rings. The predicted octanol–water partition coefficient (Wildman–Crippen LogP) is 2.40. The van der Waals surface area contributed by atoms with Crippen LogP contribution in [0.3, 0.4) is 0 Å². The second kappa shape index (κ2) is 7.58. The summed E-state index contributed by atoms with van der Waals surface area (Å²) in [6.45, 7) is 1.32. The fourth-order valence-corrected chi connectivity index (χ4v) is 5.29. The molecule has 1 spiro atoms. The molecule has 1 fully saturated rings. The number of piperidine rings is 1. The number of nitrogens with zero attached hydrogens (tertiary/aromatic N) is 7. The Balaban J connectivity index is 1.25. The van der Waals surface area contributed by atoms with Crippen LogP contribution in [0, 0.1) is 0 Å². The average Bonchev–Trinajstić information content (AvgIpc) is 3.38. The van der Waals surface area contributed by atoms with Gasteiger partial charge in [0, 0.05) is 36.0 Å². The number of benzene rings is 1. The molecular weight excluding hydrogens is 474 g/mol. The van der Waals surface area contributed by atoms with Gasteiger partial charge in [-0.1, -0.05) is 33.3 Å². The first-order valence-corrected chi connectivity index (χ1v) is 11.2. The number of ether oxygens (including phenoxy) is 1. The number of aromatic nitrogens is 6. The number of tetrazole rings is 1. The summed E-state index contributed by atoms with van der Waals surface area (Å²) in [5, 5.41) is 30.3. The number of anilines is 1. The third-order valence-corrected chi connectivity index (χ3v) is 7.24. The topological polar surface area (TPSA) is 119 Å². The van der Waals surface area contributed by atoms with Crippen molar-refractivity contribution in [2.24, 2.45) is 0 Å². The zero-order valence-electron chi connectivity index (χ0n) is 15.9. The highest BCUT2D eigenvalue weighted by Crippen LogP contribution is 2.42. The first-order valence-electron chi connectivity index (χ1n) is 9.56. The van der Waals surface area contributed by atoms with Crippen molar-refractivity contribution in [3.8, 4) is 16.6 Å². The van der Waals surface area contributed by atoms with E-state index in [0.717, 1.165) is 58.9 Å². The third kappa shape index (κ3) is 3.65. The lowest BCUT2D eigenvalue weighted by Gasteiger charge is -2.44. The normalized spacial score (nSPS) is 17.6. The summed E-state index contributed by atoms with van der Waals surface area (Å²) in [5.74, 6) is 0.239. The van der Waals surface area contributed by atoms with Crippen LogP contribution < -0.4 is 9.64 Å². The molecule has 0 bridgehead atoms. The van der Waals surface area contributed by atoms with E-state index in [1.54, 1.807) is 0 Å². The zero-order chi connectivity index (χ0) is 20.7. The molecule has 12 heteroatoms. The van der Waals surface area contributed by atoms with Crippen LogP contribution in [-0.2, 0) is 17.8 Å². The molecule has 2 aliphatic heterocycles. The summed E-state index contributed by atoms with van der Waals surface area (Å²) in [6, 6.07) is 6.13. The van der Waals surface area contributed by atoms with E-state index < -0.39 is 5.97 Å². The van der Waals surface area contributed by atoms with Gasteiger partial charge in [-0.15, -0.1) is 20.4 Å². The van der Waals surface area contributed by atoms with Gasteiger partial charge in [-0.3, -0.25) is 4.79 Å². The highest BCUT2D eigenvalue weighted by molar-refractivity contribution is 9.10. The van der Waals surface area contributed by atoms with Crippen LogP contribution in [0.5, 0.6) is 5.75 Å². The number of hydrogen-bond donors (Lipinski definition) is 1. The maximum absolute atomic E-state index is 10.8. The first kappa shape index (κ1) is 19.4. The van der Waals surface area contributed by atoms with Gasteiger partial charge >= 0.3 is 5.97 Å². The van der Waals surface area contributed by atoms with Crippen molar-refractivity contribution in [2.75, 3.05) is 18.0 Å². The Morgan fingerprint density at radius 1 is 1.23 bits per heavy atom. The number of aliphatic carboxylic acids is 1. The SMILES string of the molecule is O=C(O)Cn1nnc(-c2nnc(N3CCC4(CCc5c(Br)cccc5O4)CC3)s2)n1. The minimum absolute atomic E-state index is 0.126. The van der Waals surface area contributed by atoms with E-state index in [9.17, 15) is 4.79 Å². The van der Waals surface area contributed by atoms with Crippen LogP contribution in [0.4, 0.5) is 5.13 Å². The molecule has 1 N–H and O–H groups in total. The lowest BCUT2D eigenvalue weighted by Crippen LogP contribution is -2.49. The molecule has 0 radical (unpaired) electrons. The first-order chi connectivity index (χ1) is 14.5. The highest BCUT2D eigenvalue weighted by atomic mass is 79.9. The van der Waals surface area contributed by atoms with E-state index in [2.05, 4.69) is 58.6 Å². The van der Waals surface area contributed by atoms with Crippen molar-refractivity contribution < 1.29 is 14.6 Å². The largest absolute Gasteiger partial charge is 0.487 e. The minimum Gasteiger partial charge on any atom is -0.487 e. The molecule has 1 aromatic carbocycles. The third-order valence-electron chi connectivity index (χ3n) is 5.51. The molecule has 0 aliphatic carbocycles. The lowest BCUT2D eigenvalue weighted by molar-refractivity contribution is -0.138. The fraction of sp³-hybridized carbons (Fsp3) is 0.444. The van der Waals surface area contributed by atoms with E-state index in [4.69, 9.17) is 9.84 Å². The quantitative estimate of drug-likeness (QED) is 0.586. The summed E-state index contributed by atoms with van der Waals surface area (Å²) in [6.07, 6.45) is 3.85. The van der Waals surface area contributed by atoms with Gasteiger partial charge in [0.25, 0.3) is 0 Å². The summed E-state index contributed by atoms with van der Waals surface area (Å²) >= 11 is 5.00. The average molecular weight is 492 g/mol. The predicted molar refractivity (Wildman–Crippen MR) is 112 cm³/mol. The van der Waals surface area contributed by atoms with Crippen molar-refractivity contribution in [1.29, 1.82) is 0 Å². The Hall–Kier alpha value is -2.60. The molecule has 10 nitrogen and oxygen atoms in total. The molecule has 1 saturated heterocycles. The van der Waals surface area contributed by atoms with Crippen LogP contribution in [0.15, 0.2) is 22.7 Å². The second-order valence-electron chi connectivity index (χ2n) is 7.42. The number of carboxylic acid groups (broad SMARTS) is 1. The van der Waals surface area contributed by atoms with Crippen LogP contribution >= 0.6 is 27.3 Å². The molecule has 5 rings (SSSR count). The maximum atomic E-state index is 10.8. The van der Waals surface area contributed by atoms with Crippen LogP contribution in [0.2, 0.25) is 0 Å². The molecule has 0 unspecified atom stereocenters. The van der Waals surface area contributed by atoms with E-state index in [-0.39, 0.29) is 18.0 Å². The van der Waals surface area contributed by atoms with E-state index >= 15 is 0 Å². The maximum Gasteiger partial charge on any atom is 0.327 e. The number of carbonyl (C=O) groups is 1. The number of rotatable bonds is 4. The molecule has 3 aromatic rings. The molecule has 156 valence electrons. The van der Waals surface area contributed by atoms with Crippen molar-refractivity contribution in [3.63, 3.8) is 0 Å². The summed E-state index contributed by atoms with van der Waals surface area (Å²) in [5.41, 5.74) is 1.13. The monoisotopic (exact) mass is 491 g/mol. The summed E-state index contributed by atoms with van der Waals surface area (Å²) < 4.78 is 7.58. The summed E-state index contributed by atoms with van der Waals surface area (Å²) in [7, 11) is 0. The van der Waals surface area contributed by atoms with Crippen LogP contribution in [-0.4, -0.2) is 60.2 Å². The van der Waals surface area contributed by atoms with Gasteiger partial charge in [-0.05, 0) is 30.2 Å². The number of carboxylic acids is 1. The van der Waals surface area contributed by atoms with E-state index in [0.29, 0.717) is 5.01 Å². The Bertz CT molecular complexity index is 1090. The molecule has 0 atom stereocenters. The Morgan fingerprint density at radius 2 is 2.07 bits per heavy atom. The number of fused-ring (bicyclic) bond motifs is 1. The van der Waals surface area contributed by atoms with Crippen LogP contribution in [0.1, 0.15) is 24.8 Å². The fourth-order valence-electron chi connectivity index (χ4n) is 3.92. The minimum atomic E-state index is -1.03. The van der Waals surface area contributed by atoms with Gasteiger partial charge in [0.1, 0.15) is 11.4 Å². The van der Waals surface area contributed by atoms with Gasteiger partial charge < -0.3 is 14.7 Å². The van der Waals surface area contributed by atoms with Crippen molar-refractivity contribution in [3.05, 3.63) is 28.2 Å². The molecule has 0 saturated carbocycles. The number of hydrogen-bond acceptors (Lipinski definition) is 9. The Labute approximate surface area is 184 Å². The smallest absolute Gasteiger partial charge is 0.327 e. The van der Waals surface area contributed by atoms with Crippen LogP contribution in [0.25, 0.3) is 10.8 Å². The van der Waals surface area contributed by atoms with Gasteiger partial charge in [-0.25, -0.2) is 0 Å². The van der Waals surface area contributed by atoms with E-state index in [1.807, 2.05) is 6.07 Å². The highest BCUT2D eigenvalue weighted by Gasteiger charge is 2.40. The lowest BCUT2D eigenvalue weighted by atomic mass is 9.83. The van der Waals surface area contributed by atoms with Crippen molar-refractivity contribution in [1.82, 2.24) is 30.4 Å². The Kier molecular flexibility index (Phi) is 4.89. The van der Waals surface area contributed by atoms with E-state index in [1.165, 1.54) is 16.9 Å². The van der Waals surface area contributed by atoms with Gasteiger partial charge in [0.15, 0.2) is 11.6 Å². The molecular formula is C18H18BrN7O3S. The second-order valence-corrected chi connectivity index (χ2v) is 9.23. The molecule has 30 heavy (non-hydrogen) atoms. The molecule has 0 amide bonds. The number of halogens is 1. The molecule has 4 heterocycles. The van der Waals surface area contributed by atoms with Gasteiger partial charge in [-0.2, -0.15) is 4.80 Å². The summed E-state index contributed by atoms with van der Waals surface area (Å²) in [4.78, 5) is 14.0. The van der Waals surface area contributed by atoms with Crippen molar-refractivity contribution in [2.45, 2.75) is 37.8 Å². The van der Waals surface area contributed by atoms with Gasteiger partial charge in [0.2, 0.25) is 11.0 Å². The van der Waals surface area contributed by atoms with Crippen molar-refractivity contribution >= 4 is 38.4 Å². The Morgan fingerprint density at radius 3 is 2.87 bits per heavy atom. The standard InChI is InChI=1S/C18H18BrN7O3S/c19-12-2-1-3-13-11(12)4-5-18(29-13)6-8-25(9-7-18)17-22-21-16(30-17)15-20-24-26(23-15)10-14(27)28/h1-3H,4-10H2,(H,27,28).